The molecule has 0 fully saturated rings. The number of ether oxygens (including phenoxy) is 1. The monoisotopic (exact) mass is 295 g/mol. The van der Waals surface area contributed by atoms with Gasteiger partial charge in [-0.1, -0.05) is 17.7 Å². The zero-order chi connectivity index (χ0) is 14.3. The molecule has 2 aromatic carbocycles. The van der Waals surface area contributed by atoms with E-state index < -0.39 is 11.6 Å². The first-order chi connectivity index (χ1) is 9.58. The van der Waals surface area contributed by atoms with E-state index in [1.807, 2.05) is 6.07 Å². The summed E-state index contributed by atoms with van der Waals surface area (Å²) in [5.74, 6) is -0.540. The zero-order valence-corrected chi connectivity index (χ0v) is 11.5. The van der Waals surface area contributed by atoms with Crippen molar-refractivity contribution in [2.75, 3.05) is 12.4 Å². The molecule has 2 aromatic rings. The van der Waals surface area contributed by atoms with Crippen molar-refractivity contribution in [3.63, 3.8) is 0 Å². The maximum Gasteiger partial charge on any atom is 0.149 e. The summed E-state index contributed by atoms with van der Waals surface area (Å²) in [5.41, 5.74) is 1.91. The fourth-order valence-corrected chi connectivity index (χ4v) is 2.76. The first-order valence-corrected chi connectivity index (χ1v) is 6.54. The van der Waals surface area contributed by atoms with E-state index in [1.54, 1.807) is 19.2 Å². The van der Waals surface area contributed by atoms with Gasteiger partial charge in [-0.25, -0.2) is 8.78 Å². The lowest BCUT2D eigenvalue weighted by Crippen LogP contribution is -2.06. The molecule has 0 spiro atoms. The first-order valence-electron chi connectivity index (χ1n) is 6.16. The average molecular weight is 296 g/mol. The van der Waals surface area contributed by atoms with Crippen molar-refractivity contribution in [3.8, 4) is 5.75 Å². The Morgan fingerprint density at radius 2 is 2.05 bits per heavy atom. The van der Waals surface area contributed by atoms with Crippen molar-refractivity contribution in [1.82, 2.24) is 0 Å². The molecule has 1 atom stereocenters. The average Bonchev–Trinajstić information content (AvgIpc) is 2.82. The summed E-state index contributed by atoms with van der Waals surface area (Å²) in [6.45, 7) is 0. The highest BCUT2D eigenvalue weighted by Gasteiger charge is 2.26. The number of anilines is 1. The van der Waals surface area contributed by atoms with E-state index in [-0.39, 0.29) is 6.04 Å². The van der Waals surface area contributed by atoms with Crippen molar-refractivity contribution in [1.29, 1.82) is 0 Å². The van der Waals surface area contributed by atoms with Crippen molar-refractivity contribution in [3.05, 3.63) is 58.1 Å². The Kier molecular flexibility index (Phi) is 3.26. The Balaban J connectivity index is 1.92. The topological polar surface area (TPSA) is 21.3 Å². The molecule has 1 unspecified atom stereocenters. The van der Waals surface area contributed by atoms with E-state index in [4.69, 9.17) is 16.3 Å². The first kappa shape index (κ1) is 13.2. The Labute approximate surface area is 120 Å². The molecule has 0 amide bonds. The number of benzene rings is 2. The maximum atomic E-state index is 13.7. The van der Waals surface area contributed by atoms with Crippen LogP contribution >= 0.6 is 11.6 Å². The molecule has 0 aromatic heterocycles. The molecule has 0 saturated heterocycles. The third-order valence-electron chi connectivity index (χ3n) is 3.46. The van der Waals surface area contributed by atoms with Crippen LogP contribution in [0.3, 0.4) is 0 Å². The fraction of sp³-hybridized carbons (Fsp3) is 0.200. The molecule has 0 radical (unpaired) electrons. The van der Waals surface area contributed by atoms with Crippen molar-refractivity contribution in [2.24, 2.45) is 0 Å². The van der Waals surface area contributed by atoms with Crippen LogP contribution in [0.25, 0.3) is 0 Å². The Hall–Kier alpha value is -1.81. The normalized spacial score (nSPS) is 16.7. The predicted octanol–water partition coefficient (Wildman–Crippen LogP) is 4.34. The van der Waals surface area contributed by atoms with Gasteiger partial charge in [-0.05, 0) is 35.7 Å². The zero-order valence-electron chi connectivity index (χ0n) is 10.7. The number of rotatable bonds is 2. The highest BCUT2D eigenvalue weighted by Crippen LogP contribution is 2.38. The van der Waals surface area contributed by atoms with Crippen molar-refractivity contribution >= 4 is 17.3 Å². The number of fused-ring (bicyclic) bond motifs is 1. The van der Waals surface area contributed by atoms with E-state index in [0.29, 0.717) is 28.4 Å². The number of halogens is 3. The minimum Gasteiger partial charge on any atom is -0.495 e. The molecule has 2 nitrogen and oxygen atoms in total. The summed E-state index contributed by atoms with van der Waals surface area (Å²) in [7, 11) is 1.54. The van der Waals surface area contributed by atoms with Crippen LogP contribution < -0.4 is 10.1 Å². The molecule has 3 rings (SSSR count). The van der Waals surface area contributed by atoms with Gasteiger partial charge < -0.3 is 10.1 Å². The third kappa shape index (κ3) is 2.20. The molecular formula is C15H12ClF2NO. The molecule has 1 heterocycles. The second-order valence-corrected chi connectivity index (χ2v) is 5.12. The highest BCUT2D eigenvalue weighted by molar-refractivity contribution is 6.32. The van der Waals surface area contributed by atoms with E-state index in [9.17, 15) is 8.78 Å². The van der Waals surface area contributed by atoms with Gasteiger partial charge in [0, 0.05) is 6.07 Å². The summed E-state index contributed by atoms with van der Waals surface area (Å²) in [4.78, 5) is 0. The van der Waals surface area contributed by atoms with Gasteiger partial charge in [0.1, 0.15) is 17.4 Å². The van der Waals surface area contributed by atoms with E-state index in [1.165, 1.54) is 6.07 Å². The predicted molar refractivity (Wildman–Crippen MR) is 74.4 cm³/mol. The molecule has 0 saturated carbocycles. The summed E-state index contributed by atoms with van der Waals surface area (Å²) in [6, 6.07) is 7.52. The second kappa shape index (κ2) is 4.94. The molecule has 1 N–H and O–H groups in total. The maximum absolute atomic E-state index is 13.7. The number of nitrogens with one attached hydrogen (secondary N) is 1. The van der Waals surface area contributed by atoms with Crippen molar-refractivity contribution < 1.29 is 13.5 Å². The standard InChI is InChI=1S/C15H12ClF2NO/c1-20-14-3-2-8(5-11(14)16)13-6-9-4-10(17)7-12(18)15(9)19-13/h2-5,7,13,19H,6H2,1H3. The minimum atomic E-state index is -0.567. The lowest BCUT2D eigenvalue weighted by atomic mass is 10.0. The van der Waals surface area contributed by atoms with Crippen LogP contribution in [0.1, 0.15) is 17.2 Å². The highest BCUT2D eigenvalue weighted by atomic mass is 35.5. The molecule has 1 aliphatic heterocycles. The van der Waals surface area contributed by atoms with Gasteiger partial charge in [0.05, 0.1) is 23.9 Å². The van der Waals surface area contributed by atoms with Gasteiger partial charge in [-0.3, -0.25) is 0 Å². The number of hydrogen-bond donors (Lipinski definition) is 1. The molecule has 5 heteroatoms. The summed E-state index contributed by atoms with van der Waals surface area (Å²) >= 11 is 6.09. The smallest absolute Gasteiger partial charge is 0.149 e. The lowest BCUT2D eigenvalue weighted by molar-refractivity contribution is 0.415. The molecule has 1 aliphatic rings. The van der Waals surface area contributed by atoms with Gasteiger partial charge in [0.2, 0.25) is 0 Å². The van der Waals surface area contributed by atoms with Crippen LogP contribution in [0, 0.1) is 11.6 Å². The third-order valence-corrected chi connectivity index (χ3v) is 3.75. The fourth-order valence-electron chi connectivity index (χ4n) is 2.50. The lowest BCUT2D eigenvalue weighted by Gasteiger charge is -2.13. The number of hydrogen-bond acceptors (Lipinski definition) is 2. The van der Waals surface area contributed by atoms with E-state index in [0.717, 1.165) is 11.6 Å². The number of methoxy groups -OCH3 is 1. The van der Waals surface area contributed by atoms with Crippen LogP contribution in [-0.2, 0) is 6.42 Å². The van der Waals surface area contributed by atoms with Crippen LogP contribution in [0.15, 0.2) is 30.3 Å². The van der Waals surface area contributed by atoms with Crippen molar-refractivity contribution in [2.45, 2.75) is 12.5 Å². The summed E-state index contributed by atoms with van der Waals surface area (Å²) < 4.78 is 32.0. The SMILES string of the molecule is COc1ccc(C2Cc3cc(F)cc(F)c3N2)cc1Cl. The van der Waals surface area contributed by atoms with Gasteiger partial charge in [-0.15, -0.1) is 0 Å². The van der Waals surface area contributed by atoms with E-state index in [2.05, 4.69) is 5.32 Å². The van der Waals surface area contributed by atoms with Gasteiger partial charge in [-0.2, -0.15) is 0 Å². The van der Waals surface area contributed by atoms with Crippen LogP contribution in [0.2, 0.25) is 5.02 Å². The van der Waals surface area contributed by atoms with Crippen LogP contribution in [-0.4, -0.2) is 7.11 Å². The van der Waals surface area contributed by atoms with Gasteiger partial charge in [0.25, 0.3) is 0 Å². The Morgan fingerprint density at radius 3 is 2.75 bits per heavy atom. The molecular weight excluding hydrogens is 284 g/mol. The largest absolute Gasteiger partial charge is 0.495 e. The molecule has 20 heavy (non-hydrogen) atoms. The van der Waals surface area contributed by atoms with Gasteiger partial charge in [0.15, 0.2) is 0 Å². The Morgan fingerprint density at radius 1 is 1.25 bits per heavy atom. The summed E-state index contributed by atoms with van der Waals surface area (Å²) in [6.07, 6.45) is 0.521. The molecule has 0 bridgehead atoms. The molecule has 104 valence electrons. The van der Waals surface area contributed by atoms with Gasteiger partial charge >= 0.3 is 0 Å². The summed E-state index contributed by atoms with van der Waals surface area (Å²) in [5, 5.41) is 3.56. The Bertz CT molecular complexity index is 675. The minimum absolute atomic E-state index is 0.121. The molecule has 0 aliphatic carbocycles. The van der Waals surface area contributed by atoms with Crippen LogP contribution in [0.4, 0.5) is 14.5 Å². The van der Waals surface area contributed by atoms with Crippen LogP contribution in [0.5, 0.6) is 5.75 Å². The second-order valence-electron chi connectivity index (χ2n) is 4.72. The van der Waals surface area contributed by atoms with E-state index >= 15 is 0 Å². The quantitative estimate of drug-likeness (QED) is 0.890.